The van der Waals surface area contributed by atoms with Gasteiger partial charge in [0, 0.05) is 35.3 Å². The number of rotatable bonds is 8. The van der Waals surface area contributed by atoms with Gasteiger partial charge in [-0.3, -0.25) is 9.59 Å². The van der Waals surface area contributed by atoms with Crippen LogP contribution in [0.15, 0.2) is 42.5 Å². The van der Waals surface area contributed by atoms with Gasteiger partial charge in [0.2, 0.25) is 5.91 Å². The number of hydrogen-bond donors (Lipinski definition) is 2. The SMILES string of the molecule is CC(C)(CN)CN(Cc1cc(NC(=O)C2CCCCC2)ccc1Cl)C(=O)c1ccc(C#N)cc1. The second-order valence-corrected chi connectivity index (χ2v) is 10.3. The lowest BCUT2D eigenvalue weighted by Crippen LogP contribution is -2.41. The Kier molecular flexibility index (Phi) is 8.71. The molecule has 0 unspecified atom stereocenters. The molecule has 0 saturated heterocycles. The van der Waals surface area contributed by atoms with Gasteiger partial charge in [0.15, 0.2) is 0 Å². The first kappa shape index (κ1) is 25.7. The summed E-state index contributed by atoms with van der Waals surface area (Å²) in [5.74, 6) is -0.0748. The molecule has 6 nitrogen and oxygen atoms in total. The van der Waals surface area contributed by atoms with E-state index < -0.39 is 0 Å². The average molecular weight is 481 g/mol. The zero-order valence-corrected chi connectivity index (χ0v) is 20.7. The van der Waals surface area contributed by atoms with Gasteiger partial charge in [0.25, 0.3) is 5.91 Å². The Morgan fingerprint density at radius 1 is 1.15 bits per heavy atom. The molecule has 2 aromatic rings. The molecule has 2 amide bonds. The van der Waals surface area contributed by atoms with E-state index >= 15 is 0 Å². The summed E-state index contributed by atoms with van der Waals surface area (Å²) in [5, 5.41) is 12.6. The number of anilines is 1. The lowest BCUT2D eigenvalue weighted by molar-refractivity contribution is -0.120. The molecule has 0 aliphatic heterocycles. The molecule has 1 aliphatic rings. The van der Waals surface area contributed by atoms with Crippen LogP contribution in [-0.4, -0.2) is 29.8 Å². The Balaban J connectivity index is 1.82. The third-order valence-corrected chi connectivity index (χ3v) is 6.74. The summed E-state index contributed by atoms with van der Waals surface area (Å²) in [4.78, 5) is 27.8. The van der Waals surface area contributed by atoms with Crippen molar-refractivity contribution in [1.82, 2.24) is 4.90 Å². The predicted octanol–water partition coefficient (Wildman–Crippen LogP) is 5.36. The van der Waals surface area contributed by atoms with Gasteiger partial charge in [0.1, 0.15) is 0 Å². The van der Waals surface area contributed by atoms with E-state index in [-0.39, 0.29) is 29.7 Å². The maximum absolute atomic E-state index is 13.4. The molecular weight excluding hydrogens is 448 g/mol. The van der Waals surface area contributed by atoms with Gasteiger partial charge in [0.05, 0.1) is 11.6 Å². The quantitative estimate of drug-likeness (QED) is 0.531. The molecule has 0 spiro atoms. The Hall–Kier alpha value is -2.88. The number of nitrogens with zero attached hydrogens (tertiary/aromatic N) is 2. The minimum Gasteiger partial charge on any atom is -0.334 e. The van der Waals surface area contributed by atoms with Crippen molar-refractivity contribution in [2.75, 3.05) is 18.4 Å². The van der Waals surface area contributed by atoms with Crippen molar-refractivity contribution in [1.29, 1.82) is 5.26 Å². The number of benzene rings is 2. The van der Waals surface area contributed by atoms with Crippen molar-refractivity contribution in [3.05, 3.63) is 64.2 Å². The van der Waals surface area contributed by atoms with Crippen molar-refractivity contribution in [3.8, 4) is 6.07 Å². The normalized spacial score (nSPS) is 14.3. The molecule has 0 atom stereocenters. The lowest BCUT2D eigenvalue weighted by atomic mass is 9.88. The van der Waals surface area contributed by atoms with E-state index in [4.69, 9.17) is 22.6 Å². The Morgan fingerprint density at radius 3 is 2.44 bits per heavy atom. The summed E-state index contributed by atoms with van der Waals surface area (Å²) >= 11 is 6.51. The summed E-state index contributed by atoms with van der Waals surface area (Å²) < 4.78 is 0. The number of nitrogens with one attached hydrogen (secondary N) is 1. The van der Waals surface area contributed by atoms with E-state index in [1.165, 1.54) is 6.42 Å². The Labute approximate surface area is 207 Å². The van der Waals surface area contributed by atoms with Crippen LogP contribution in [0.3, 0.4) is 0 Å². The minimum absolute atomic E-state index is 0.0442. The second kappa shape index (κ2) is 11.5. The maximum atomic E-state index is 13.4. The average Bonchev–Trinajstić information content (AvgIpc) is 2.85. The van der Waals surface area contributed by atoms with E-state index in [9.17, 15) is 9.59 Å². The van der Waals surface area contributed by atoms with Crippen LogP contribution in [0, 0.1) is 22.7 Å². The smallest absolute Gasteiger partial charge is 0.254 e. The summed E-state index contributed by atoms with van der Waals surface area (Å²) in [6.07, 6.45) is 5.22. The van der Waals surface area contributed by atoms with Crippen molar-refractivity contribution in [2.45, 2.75) is 52.5 Å². The highest BCUT2D eigenvalue weighted by Gasteiger charge is 2.26. The molecule has 1 fully saturated rings. The third kappa shape index (κ3) is 6.82. The van der Waals surface area contributed by atoms with E-state index in [0.29, 0.717) is 34.9 Å². The van der Waals surface area contributed by atoms with Gasteiger partial charge in [-0.25, -0.2) is 0 Å². The van der Waals surface area contributed by atoms with E-state index in [1.54, 1.807) is 41.3 Å². The highest BCUT2D eigenvalue weighted by Crippen LogP contribution is 2.28. The fourth-order valence-electron chi connectivity index (χ4n) is 4.24. The Morgan fingerprint density at radius 2 is 1.82 bits per heavy atom. The zero-order chi connectivity index (χ0) is 24.7. The molecule has 3 N–H and O–H groups in total. The molecule has 180 valence electrons. The summed E-state index contributed by atoms with van der Waals surface area (Å²) in [5.41, 5.74) is 8.07. The first-order valence-electron chi connectivity index (χ1n) is 11.8. The predicted molar refractivity (Wildman–Crippen MR) is 135 cm³/mol. The third-order valence-electron chi connectivity index (χ3n) is 6.37. The number of halogens is 1. The number of nitriles is 1. The van der Waals surface area contributed by atoms with E-state index in [1.807, 2.05) is 19.9 Å². The zero-order valence-electron chi connectivity index (χ0n) is 19.9. The molecule has 1 saturated carbocycles. The highest BCUT2D eigenvalue weighted by molar-refractivity contribution is 6.31. The van der Waals surface area contributed by atoms with Crippen molar-refractivity contribution in [3.63, 3.8) is 0 Å². The van der Waals surface area contributed by atoms with Crippen LogP contribution >= 0.6 is 11.6 Å². The van der Waals surface area contributed by atoms with Crippen LogP contribution in [0.25, 0.3) is 0 Å². The largest absolute Gasteiger partial charge is 0.334 e. The van der Waals surface area contributed by atoms with Crippen molar-refractivity contribution < 1.29 is 9.59 Å². The molecule has 1 aliphatic carbocycles. The molecular formula is C27H33ClN4O2. The van der Waals surface area contributed by atoms with Crippen LogP contribution in [0.2, 0.25) is 5.02 Å². The number of amides is 2. The first-order chi connectivity index (χ1) is 16.2. The van der Waals surface area contributed by atoms with E-state index in [2.05, 4.69) is 11.4 Å². The topological polar surface area (TPSA) is 99.2 Å². The molecule has 0 bridgehead atoms. The van der Waals surface area contributed by atoms with Crippen LogP contribution < -0.4 is 11.1 Å². The highest BCUT2D eigenvalue weighted by atomic mass is 35.5. The Bertz CT molecular complexity index is 1050. The van der Waals surface area contributed by atoms with Gasteiger partial charge in [-0.05, 0) is 72.8 Å². The molecule has 0 radical (unpaired) electrons. The number of nitrogens with two attached hydrogens (primary N) is 1. The fourth-order valence-corrected chi connectivity index (χ4v) is 4.42. The molecule has 0 aromatic heterocycles. The molecule has 0 heterocycles. The van der Waals surface area contributed by atoms with Crippen LogP contribution in [-0.2, 0) is 11.3 Å². The van der Waals surface area contributed by atoms with Crippen molar-refractivity contribution >= 4 is 29.1 Å². The monoisotopic (exact) mass is 480 g/mol. The summed E-state index contributed by atoms with van der Waals surface area (Å²) in [6, 6.07) is 14.0. The fraction of sp³-hybridized carbons (Fsp3) is 0.444. The second-order valence-electron chi connectivity index (χ2n) is 9.85. The first-order valence-corrected chi connectivity index (χ1v) is 12.2. The van der Waals surface area contributed by atoms with Crippen LogP contribution in [0.5, 0.6) is 0 Å². The molecule has 2 aromatic carbocycles. The standard InChI is InChI=1S/C27H33ClN4O2/c1-27(2,17-30)18-32(26(34)21-10-8-19(15-29)9-11-21)16-22-14-23(12-13-24(22)28)31-25(33)20-6-4-3-5-7-20/h8-14,20H,3-7,16-18,30H2,1-2H3,(H,31,33). The van der Waals surface area contributed by atoms with E-state index in [0.717, 1.165) is 31.2 Å². The number of carbonyl (C=O) groups is 2. The van der Waals surface area contributed by atoms with Gasteiger partial charge >= 0.3 is 0 Å². The maximum Gasteiger partial charge on any atom is 0.254 e. The van der Waals surface area contributed by atoms with Gasteiger partial charge < -0.3 is 16.0 Å². The van der Waals surface area contributed by atoms with Gasteiger partial charge in [-0.15, -0.1) is 0 Å². The lowest BCUT2D eigenvalue weighted by Gasteiger charge is -2.32. The summed E-state index contributed by atoms with van der Waals surface area (Å²) in [7, 11) is 0. The minimum atomic E-state index is -0.304. The summed E-state index contributed by atoms with van der Waals surface area (Å²) in [6.45, 7) is 5.13. The number of hydrogen-bond acceptors (Lipinski definition) is 4. The molecule has 3 rings (SSSR count). The van der Waals surface area contributed by atoms with Crippen LogP contribution in [0.4, 0.5) is 5.69 Å². The number of carbonyl (C=O) groups excluding carboxylic acids is 2. The van der Waals surface area contributed by atoms with Gasteiger partial charge in [-0.2, -0.15) is 5.26 Å². The molecule has 7 heteroatoms. The van der Waals surface area contributed by atoms with Crippen molar-refractivity contribution in [2.24, 2.45) is 17.1 Å². The van der Waals surface area contributed by atoms with Gasteiger partial charge in [-0.1, -0.05) is 44.7 Å². The van der Waals surface area contributed by atoms with Crippen LogP contribution in [0.1, 0.15) is 67.4 Å². The molecule has 34 heavy (non-hydrogen) atoms.